The molecule has 0 aromatic carbocycles. The molecule has 0 N–H and O–H groups in total. The minimum Gasteiger partial charge on any atom is -0.355 e. The maximum atomic E-state index is 10.6. The zero-order chi connectivity index (χ0) is 8.69. The van der Waals surface area contributed by atoms with E-state index in [0.717, 1.165) is 6.42 Å². The van der Waals surface area contributed by atoms with E-state index in [9.17, 15) is 4.79 Å². The highest BCUT2D eigenvalue weighted by atomic mass is 16.7. The first-order valence-corrected chi connectivity index (χ1v) is 3.84. The molecule has 0 aliphatic rings. The first kappa shape index (κ1) is 10.6. The minimum absolute atomic E-state index is 0.0907. The van der Waals surface area contributed by atoms with Gasteiger partial charge in [0, 0.05) is 13.7 Å². The summed E-state index contributed by atoms with van der Waals surface area (Å²) < 4.78 is 10.1. The Kier molecular flexibility index (Phi) is 6.07. The highest BCUT2D eigenvalue weighted by molar-refractivity contribution is 5.75. The van der Waals surface area contributed by atoms with Crippen LogP contribution in [0.25, 0.3) is 0 Å². The first-order valence-electron chi connectivity index (χ1n) is 3.84. The van der Waals surface area contributed by atoms with E-state index in [1.54, 1.807) is 7.11 Å². The second kappa shape index (κ2) is 6.31. The van der Waals surface area contributed by atoms with Crippen molar-refractivity contribution in [3.63, 3.8) is 0 Å². The number of hydrogen-bond donors (Lipinski definition) is 0. The van der Waals surface area contributed by atoms with Crippen molar-refractivity contribution in [2.75, 3.05) is 13.7 Å². The van der Waals surface area contributed by atoms with Crippen molar-refractivity contribution in [3.8, 4) is 0 Å². The Morgan fingerprint density at radius 1 is 1.55 bits per heavy atom. The van der Waals surface area contributed by atoms with Crippen molar-refractivity contribution < 1.29 is 14.3 Å². The van der Waals surface area contributed by atoms with Crippen LogP contribution in [-0.2, 0) is 14.3 Å². The molecule has 0 bridgehead atoms. The molecule has 3 heteroatoms. The quantitative estimate of drug-likeness (QED) is 0.550. The Bertz CT molecular complexity index is 112. The number of rotatable bonds is 6. The molecule has 0 radical (unpaired) electrons. The van der Waals surface area contributed by atoms with Crippen LogP contribution in [0, 0.1) is 0 Å². The van der Waals surface area contributed by atoms with Crippen LogP contribution in [-0.4, -0.2) is 25.8 Å². The zero-order valence-electron chi connectivity index (χ0n) is 7.42. The fourth-order valence-electron chi connectivity index (χ4n) is 0.694. The van der Waals surface area contributed by atoms with Gasteiger partial charge in [-0.05, 0) is 13.3 Å². The first-order chi connectivity index (χ1) is 5.20. The SMILES string of the molecule is CCCOC(CC(C)=O)OC. The molecular formula is C8H16O3. The fraction of sp³-hybridized carbons (Fsp3) is 0.875. The van der Waals surface area contributed by atoms with E-state index >= 15 is 0 Å². The minimum atomic E-state index is -0.354. The third kappa shape index (κ3) is 6.01. The number of methoxy groups -OCH3 is 1. The van der Waals surface area contributed by atoms with Gasteiger partial charge in [0.1, 0.15) is 5.78 Å². The van der Waals surface area contributed by atoms with Crippen LogP contribution < -0.4 is 0 Å². The third-order valence-electron chi connectivity index (χ3n) is 1.22. The van der Waals surface area contributed by atoms with Gasteiger partial charge in [0.25, 0.3) is 0 Å². The summed E-state index contributed by atoms with van der Waals surface area (Å²) in [5, 5.41) is 0. The van der Waals surface area contributed by atoms with E-state index in [-0.39, 0.29) is 12.1 Å². The Hall–Kier alpha value is -0.410. The van der Waals surface area contributed by atoms with Crippen molar-refractivity contribution >= 4 is 5.78 Å². The lowest BCUT2D eigenvalue weighted by Gasteiger charge is -2.13. The largest absolute Gasteiger partial charge is 0.355 e. The number of carbonyl (C=O) groups excluding carboxylic acids is 1. The average molecular weight is 160 g/mol. The predicted octanol–water partition coefficient (Wildman–Crippen LogP) is 1.36. The smallest absolute Gasteiger partial charge is 0.164 e. The molecule has 1 atom stereocenters. The van der Waals surface area contributed by atoms with Crippen molar-refractivity contribution in [2.24, 2.45) is 0 Å². The molecule has 0 aliphatic heterocycles. The summed E-state index contributed by atoms with van der Waals surface area (Å²) in [7, 11) is 1.54. The standard InChI is InChI=1S/C8H16O3/c1-4-5-11-8(10-3)6-7(2)9/h8H,4-6H2,1-3H3. The molecule has 0 rings (SSSR count). The number of ether oxygens (including phenoxy) is 2. The Morgan fingerprint density at radius 2 is 2.18 bits per heavy atom. The fourth-order valence-corrected chi connectivity index (χ4v) is 0.694. The normalized spacial score (nSPS) is 13.0. The summed E-state index contributed by atoms with van der Waals surface area (Å²) in [6.07, 6.45) is 0.932. The van der Waals surface area contributed by atoms with Crippen LogP contribution in [0.3, 0.4) is 0 Å². The van der Waals surface area contributed by atoms with Crippen LogP contribution in [0.5, 0.6) is 0 Å². The van der Waals surface area contributed by atoms with Gasteiger partial charge in [-0.1, -0.05) is 6.92 Å². The monoisotopic (exact) mass is 160 g/mol. The lowest BCUT2D eigenvalue weighted by Crippen LogP contribution is -2.18. The maximum Gasteiger partial charge on any atom is 0.164 e. The molecule has 0 amide bonds. The summed E-state index contributed by atoms with van der Waals surface area (Å²) in [5.41, 5.74) is 0. The molecule has 0 aromatic rings. The summed E-state index contributed by atoms with van der Waals surface area (Å²) in [5.74, 6) is 0.0907. The van der Waals surface area contributed by atoms with Gasteiger partial charge in [0.05, 0.1) is 6.42 Å². The van der Waals surface area contributed by atoms with Gasteiger partial charge in [-0.2, -0.15) is 0 Å². The molecule has 66 valence electrons. The van der Waals surface area contributed by atoms with E-state index in [2.05, 4.69) is 0 Å². The summed E-state index contributed by atoms with van der Waals surface area (Å²) >= 11 is 0. The second-order valence-electron chi connectivity index (χ2n) is 2.44. The van der Waals surface area contributed by atoms with E-state index < -0.39 is 0 Å². The van der Waals surface area contributed by atoms with Crippen molar-refractivity contribution in [3.05, 3.63) is 0 Å². The number of ketones is 1. The van der Waals surface area contributed by atoms with Crippen LogP contribution >= 0.6 is 0 Å². The molecule has 3 nitrogen and oxygen atoms in total. The molecule has 11 heavy (non-hydrogen) atoms. The molecule has 1 unspecified atom stereocenters. The van der Waals surface area contributed by atoms with Crippen molar-refractivity contribution in [1.29, 1.82) is 0 Å². The molecule has 0 saturated heterocycles. The second-order valence-corrected chi connectivity index (χ2v) is 2.44. The van der Waals surface area contributed by atoms with Gasteiger partial charge < -0.3 is 9.47 Å². The summed E-state index contributed by atoms with van der Waals surface area (Å²) in [6, 6.07) is 0. The number of Topliss-reactive ketones (excluding diaryl/α,β-unsaturated/α-hetero) is 1. The summed E-state index contributed by atoms with van der Waals surface area (Å²) in [4.78, 5) is 10.6. The van der Waals surface area contributed by atoms with Gasteiger partial charge in [-0.3, -0.25) is 4.79 Å². The summed E-state index contributed by atoms with van der Waals surface area (Å²) in [6.45, 7) is 4.19. The van der Waals surface area contributed by atoms with Crippen molar-refractivity contribution in [2.45, 2.75) is 33.0 Å². The molecule has 0 heterocycles. The molecule has 0 spiro atoms. The topological polar surface area (TPSA) is 35.5 Å². The van der Waals surface area contributed by atoms with Gasteiger partial charge in [0.2, 0.25) is 0 Å². The average Bonchev–Trinajstić information content (AvgIpc) is 1.97. The molecular weight excluding hydrogens is 144 g/mol. The number of carbonyl (C=O) groups is 1. The van der Waals surface area contributed by atoms with E-state index in [4.69, 9.17) is 9.47 Å². The maximum absolute atomic E-state index is 10.6. The van der Waals surface area contributed by atoms with Crippen LogP contribution in [0.2, 0.25) is 0 Å². The lowest BCUT2D eigenvalue weighted by atomic mass is 10.3. The Balaban J connectivity index is 3.49. The molecule has 0 aliphatic carbocycles. The van der Waals surface area contributed by atoms with Crippen LogP contribution in [0.15, 0.2) is 0 Å². The Morgan fingerprint density at radius 3 is 2.55 bits per heavy atom. The highest BCUT2D eigenvalue weighted by Crippen LogP contribution is 2.00. The van der Waals surface area contributed by atoms with Gasteiger partial charge in [-0.25, -0.2) is 0 Å². The predicted molar refractivity (Wildman–Crippen MR) is 42.3 cm³/mol. The molecule has 0 saturated carbocycles. The van der Waals surface area contributed by atoms with Crippen molar-refractivity contribution in [1.82, 2.24) is 0 Å². The molecule has 0 aromatic heterocycles. The number of hydrogen-bond acceptors (Lipinski definition) is 3. The van der Waals surface area contributed by atoms with Crippen LogP contribution in [0.4, 0.5) is 0 Å². The highest BCUT2D eigenvalue weighted by Gasteiger charge is 2.08. The van der Waals surface area contributed by atoms with E-state index in [1.807, 2.05) is 6.92 Å². The lowest BCUT2D eigenvalue weighted by molar-refractivity contribution is -0.144. The van der Waals surface area contributed by atoms with Gasteiger partial charge in [0.15, 0.2) is 6.29 Å². The van der Waals surface area contributed by atoms with Gasteiger partial charge in [-0.15, -0.1) is 0 Å². The Labute approximate surface area is 67.7 Å². The third-order valence-corrected chi connectivity index (χ3v) is 1.22. The van der Waals surface area contributed by atoms with E-state index in [1.165, 1.54) is 6.92 Å². The van der Waals surface area contributed by atoms with E-state index in [0.29, 0.717) is 13.0 Å². The van der Waals surface area contributed by atoms with Gasteiger partial charge >= 0.3 is 0 Å². The zero-order valence-corrected chi connectivity index (χ0v) is 7.42. The van der Waals surface area contributed by atoms with Crippen LogP contribution in [0.1, 0.15) is 26.7 Å². The molecule has 0 fully saturated rings.